The van der Waals surface area contributed by atoms with E-state index < -0.39 is 23.4 Å². The van der Waals surface area contributed by atoms with Gasteiger partial charge in [0.2, 0.25) is 0 Å². The Morgan fingerprint density at radius 3 is 2.35 bits per heavy atom. The lowest BCUT2D eigenvalue weighted by atomic mass is 9.70. The quantitative estimate of drug-likeness (QED) is 0.842. The first-order valence-corrected chi connectivity index (χ1v) is 7.23. The van der Waals surface area contributed by atoms with Gasteiger partial charge in [0.1, 0.15) is 5.75 Å². The molecule has 7 nitrogen and oxygen atoms in total. The van der Waals surface area contributed by atoms with Gasteiger partial charge in [0.05, 0.1) is 37.9 Å². The number of aromatic hydroxyl groups is 1. The van der Waals surface area contributed by atoms with E-state index in [-0.39, 0.29) is 47.2 Å². The van der Waals surface area contributed by atoms with Crippen LogP contribution in [0.2, 0.25) is 0 Å². The van der Waals surface area contributed by atoms with Gasteiger partial charge in [0, 0.05) is 18.4 Å². The van der Waals surface area contributed by atoms with Crippen LogP contribution in [0.3, 0.4) is 0 Å². The number of benzene rings is 1. The normalized spacial score (nSPS) is 29.7. The Hall–Kier alpha value is -2.12. The molecule has 7 heteroatoms. The van der Waals surface area contributed by atoms with E-state index in [0.717, 1.165) is 0 Å². The Balaban J connectivity index is 2.21. The number of rotatable bonds is 2. The van der Waals surface area contributed by atoms with E-state index in [9.17, 15) is 19.8 Å². The van der Waals surface area contributed by atoms with Gasteiger partial charge in [-0.25, -0.2) is 0 Å². The van der Waals surface area contributed by atoms with Crippen LogP contribution >= 0.6 is 0 Å². The van der Waals surface area contributed by atoms with Crippen molar-refractivity contribution in [2.24, 2.45) is 11.8 Å². The molecule has 124 valence electrons. The van der Waals surface area contributed by atoms with Crippen LogP contribution in [0.5, 0.6) is 17.2 Å². The smallest absolute Gasteiger partial charge is 0.173 e. The van der Waals surface area contributed by atoms with Crippen LogP contribution in [-0.2, 0) is 4.74 Å². The molecular weight excluding hydrogens is 304 g/mol. The summed E-state index contributed by atoms with van der Waals surface area (Å²) in [7, 11) is 2.72. The number of phenols is 1. The minimum absolute atomic E-state index is 0.0132. The predicted molar refractivity (Wildman–Crippen MR) is 78.0 cm³/mol. The summed E-state index contributed by atoms with van der Waals surface area (Å²) >= 11 is 0. The largest absolute Gasteiger partial charge is 0.504 e. The standard InChI is InChI=1S/C16H18O7/c1-16(20)5-7-8(6-23-16)14(18)11-9(21-2)4-10(22-3)15(19)12(11)13(7)17/h4,7-8,19-20H,5-6H2,1-3H3/t7-,8+,16+/m1/s1. The van der Waals surface area contributed by atoms with Gasteiger partial charge in [0.15, 0.2) is 28.9 Å². The molecule has 0 unspecified atom stereocenters. The zero-order valence-corrected chi connectivity index (χ0v) is 13.1. The van der Waals surface area contributed by atoms with Crippen molar-refractivity contribution in [3.05, 3.63) is 17.2 Å². The third kappa shape index (κ3) is 2.27. The maximum Gasteiger partial charge on any atom is 0.173 e. The molecule has 1 saturated heterocycles. The number of hydrogen-bond acceptors (Lipinski definition) is 7. The highest BCUT2D eigenvalue weighted by molar-refractivity contribution is 6.19. The average molecular weight is 322 g/mol. The highest BCUT2D eigenvalue weighted by Crippen LogP contribution is 2.47. The van der Waals surface area contributed by atoms with Crippen LogP contribution in [-0.4, -0.2) is 48.4 Å². The van der Waals surface area contributed by atoms with Gasteiger partial charge in [-0.2, -0.15) is 0 Å². The van der Waals surface area contributed by atoms with Crippen molar-refractivity contribution in [2.75, 3.05) is 20.8 Å². The van der Waals surface area contributed by atoms with E-state index in [1.807, 2.05) is 0 Å². The van der Waals surface area contributed by atoms with E-state index in [1.54, 1.807) is 0 Å². The van der Waals surface area contributed by atoms with E-state index in [0.29, 0.717) is 0 Å². The van der Waals surface area contributed by atoms with Crippen LogP contribution < -0.4 is 9.47 Å². The molecule has 1 heterocycles. The van der Waals surface area contributed by atoms with Gasteiger partial charge < -0.3 is 24.4 Å². The Kier molecular flexibility index (Phi) is 3.57. The van der Waals surface area contributed by atoms with Gasteiger partial charge in [0.25, 0.3) is 0 Å². The van der Waals surface area contributed by atoms with Crippen LogP contribution in [0.15, 0.2) is 6.07 Å². The van der Waals surface area contributed by atoms with Crippen LogP contribution in [0.1, 0.15) is 34.1 Å². The third-order valence-electron chi connectivity index (χ3n) is 4.49. The first-order valence-electron chi connectivity index (χ1n) is 7.23. The van der Waals surface area contributed by atoms with Gasteiger partial charge in [-0.3, -0.25) is 9.59 Å². The second kappa shape index (κ2) is 5.21. The maximum absolute atomic E-state index is 12.9. The van der Waals surface area contributed by atoms with Crippen molar-refractivity contribution in [2.45, 2.75) is 19.1 Å². The monoisotopic (exact) mass is 322 g/mol. The molecule has 0 spiro atoms. The number of ether oxygens (including phenoxy) is 3. The fraction of sp³-hybridized carbons (Fsp3) is 0.500. The van der Waals surface area contributed by atoms with Crippen molar-refractivity contribution in [1.29, 1.82) is 0 Å². The molecule has 3 rings (SSSR count). The molecule has 1 aliphatic carbocycles. The fourth-order valence-corrected chi connectivity index (χ4v) is 3.32. The van der Waals surface area contributed by atoms with Crippen molar-refractivity contribution in [3.8, 4) is 17.2 Å². The number of carbonyl (C=O) groups excluding carboxylic acids is 2. The summed E-state index contributed by atoms with van der Waals surface area (Å²) in [4.78, 5) is 25.6. The minimum Gasteiger partial charge on any atom is -0.504 e. The molecule has 2 N–H and O–H groups in total. The number of hydrogen-bond donors (Lipinski definition) is 2. The summed E-state index contributed by atoms with van der Waals surface area (Å²) in [5, 5.41) is 20.4. The first kappa shape index (κ1) is 15.8. The molecule has 0 bridgehead atoms. The number of aliphatic hydroxyl groups is 1. The first-order chi connectivity index (χ1) is 10.8. The summed E-state index contributed by atoms with van der Waals surface area (Å²) < 4.78 is 15.5. The number of phenolic OH excluding ortho intramolecular Hbond substituents is 1. The van der Waals surface area contributed by atoms with Crippen molar-refractivity contribution < 1.29 is 34.0 Å². The van der Waals surface area contributed by atoms with Gasteiger partial charge in [-0.15, -0.1) is 0 Å². The zero-order valence-electron chi connectivity index (χ0n) is 13.1. The molecule has 0 amide bonds. The number of ketones is 2. The number of methoxy groups -OCH3 is 2. The molecule has 3 atom stereocenters. The summed E-state index contributed by atoms with van der Waals surface area (Å²) in [6, 6.07) is 1.37. The lowest BCUT2D eigenvalue weighted by Gasteiger charge is -2.41. The van der Waals surface area contributed by atoms with Crippen molar-refractivity contribution in [3.63, 3.8) is 0 Å². The van der Waals surface area contributed by atoms with Crippen molar-refractivity contribution >= 4 is 11.6 Å². The van der Waals surface area contributed by atoms with Crippen LogP contribution in [0.4, 0.5) is 0 Å². The number of fused-ring (bicyclic) bond motifs is 2. The topological polar surface area (TPSA) is 102 Å². The molecule has 1 fully saturated rings. The summed E-state index contributed by atoms with van der Waals surface area (Å²) in [6.07, 6.45) is -0.0132. The maximum atomic E-state index is 12.9. The molecule has 23 heavy (non-hydrogen) atoms. The highest BCUT2D eigenvalue weighted by Gasteiger charge is 2.50. The molecule has 1 aromatic rings. The predicted octanol–water partition coefficient (Wildman–Crippen LogP) is 1.15. The Labute approximate surface area is 132 Å². The van der Waals surface area contributed by atoms with Gasteiger partial charge in [-0.05, 0) is 6.92 Å². The molecule has 1 aliphatic heterocycles. The molecular formula is C16H18O7. The average Bonchev–Trinajstić information content (AvgIpc) is 2.51. The SMILES string of the molecule is COc1cc(OC)c2c(c1O)C(=O)[C@@H]1C[C@@](C)(O)OC[C@@H]1C2=O. The second-order valence-corrected chi connectivity index (χ2v) is 6.01. The third-order valence-corrected chi connectivity index (χ3v) is 4.49. The van der Waals surface area contributed by atoms with Crippen molar-refractivity contribution in [1.82, 2.24) is 0 Å². The van der Waals surface area contributed by atoms with Gasteiger partial charge >= 0.3 is 0 Å². The van der Waals surface area contributed by atoms with E-state index in [1.165, 1.54) is 27.2 Å². The molecule has 0 saturated carbocycles. The zero-order chi connectivity index (χ0) is 16.9. The Morgan fingerprint density at radius 1 is 1.13 bits per heavy atom. The molecule has 0 radical (unpaired) electrons. The number of carbonyl (C=O) groups is 2. The Bertz CT molecular complexity index is 692. The lowest BCUT2D eigenvalue weighted by molar-refractivity contribution is -0.227. The Morgan fingerprint density at radius 2 is 1.74 bits per heavy atom. The highest BCUT2D eigenvalue weighted by atomic mass is 16.6. The minimum atomic E-state index is -1.48. The molecule has 1 aromatic carbocycles. The molecule has 0 aromatic heterocycles. The second-order valence-electron chi connectivity index (χ2n) is 6.01. The lowest BCUT2D eigenvalue weighted by Crippen LogP contribution is -2.50. The fourth-order valence-electron chi connectivity index (χ4n) is 3.32. The van der Waals surface area contributed by atoms with E-state index >= 15 is 0 Å². The number of Topliss-reactive ketones (excluding diaryl/α,β-unsaturated/α-hetero) is 2. The van der Waals surface area contributed by atoms with Gasteiger partial charge in [-0.1, -0.05) is 0 Å². The van der Waals surface area contributed by atoms with Crippen LogP contribution in [0.25, 0.3) is 0 Å². The van der Waals surface area contributed by atoms with E-state index in [2.05, 4.69) is 0 Å². The summed E-state index contributed by atoms with van der Waals surface area (Å²) in [5.41, 5.74) is -0.0626. The molecule has 2 aliphatic rings. The summed E-state index contributed by atoms with van der Waals surface area (Å²) in [5.74, 6) is -3.84. The van der Waals surface area contributed by atoms with E-state index in [4.69, 9.17) is 14.2 Å². The van der Waals surface area contributed by atoms with Crippen LogP contribution in [0, 0.1) is 11.8 Å². The summed E-state index contributed by atoms with van der Waals surface area (Å²) in [6.45, 7) is 1.39.